The van der Waals surface area contributed by atoms with E-state index < -0.39 is 6.10 Å². The lowest BCUT2D eigenvalue weighted by atomic mass is 10.00. The number of β-amino-alcohol motifs (C(OH)–C–C–N with tert-alkyl or cyclic N) is 1. The lowest BCUT2D eigenvalue weighted by molar-refractivity contribution is 0.0918. The minimum atomic E-state index is -0.636. The number of aromatic nitrogens is 4. The molecule has 0 saturated heterocycles. The quantitative estimate of drug-likeness (QED) is 0.417. The molecule has 1 atom stereocenters. The van der Waals surface area contributed by atoms with E-state index >= 15 is 0 Å². The molecule has 0 saturated carbocycles. The summed E-state index contributed by atoms with van der Waals surface area (Å²) in [5.41, 5.74) is 7.36. The van der Waals surface area contributed by atoms with Crippen molar-refractivity contribution in [3.8, 4) is 0 Å². The summed E-state index contributed by atoms with van der Waals surface area (Å²) in [5.74, 6) is 0. The SMILES string of the molecule is Cn1cnc2ccc(Cn3c(=O)n(C[C@H](O)CN4CCc5ccccc5C4)c4ccccc43)cc21. The number of aryl methyl sites for hydroxylation is 1. The number of para-hydroxylation sites is 2. The van der Waals surface area contributed by atoms with Crippen LogP contribution in [0.4, 0.5) is 0 Å². The minimum absolute atomic E-state index is 0.0978. The molecule has 0 spiro atoms. The Balaban J connectivity index is 1.26. The Hall–Kier alpha value is -3.68. The highest BCUT2D eigenvalue weighted by molar-refractivity contribution is 5.77. The number of imidazole rings is 2. The van der Waals surface area contributed by atoms with E-state index in [4.69, 9.17) is 0 Å². The van der Waals surface area contributed by atoms with E-state index in [2.05, 4.69) is 40.2 Å². The molecule has 2 aromatic heterocycles. The smallest absolute Gasteiger partial charge is 0.329 e. The zero-order valence-corrected chi connectivity index (χ0v) is 19.8. The van der Waals surface area contributed by atoms with E-state index in [9.17, 15) is 9.90 Å². The van der Waals surface area contributed by atoms with Gasteiger partial charge in [-0.05, 0) is 47.4 Å². The van der Waals surface area contributed by atoms with Gasteiger partial charge in [0.25, 0.3) is 0 Å². The standard InChI is InChI=1S/C28H29N5O2/c1-30-19-29-24-11-10-20(14-27(24)30)15-32-25-8-4-5-9-26(25)33(28(32)35)18-23(34)17-31-13-12-21-6-2-3-7-22(21)16-31/h2-11,14,19,23,34H,12-13,15-18H2,1H3/t23-/m1/s1. The van der Waals surface area contributed by atoms with E-state index in [1.807, 2.05) is 48.0 Å². The van der Waals surface area contributed by atoms with Crippen LogP contribution in [0.3, 0.4) is 0 Å². The second kappa shape index (κ2) is 8.83. The zero-order chi connectivity index (χ0) is 23.9. The van der Waals surface area contributed by atoms with Crippen LogP contribution in [0.1, 0.15) is 16.7 Å². The summed E-state index contributed by atoms with van der Waals surface area (Å²) in [4.78, 5) is 20.2. The first-order valence-electron chi connectivity index (χ1n) is 12.1. The monoisotopic (exact) mass is 467 g/mol. The minimum Gasteiger partial charge on any atom is -0.390 e. The highest BCUT2D eigenvalue weighted by Crippen LogP contribution is 2.20. The molecule has 0 unspecified atom stereocenters. The molecule has 0 amide bonds. The van der Waals surface area contributed by atoms with E-state index in [0.29, 0.717) is 13.1 Å². The van der Waals surface area contributed by atoms with Crippen LogP contribution in [0.2, 0.25) is 0 Å². The van der Waals surface area contributed by atoms with Gasteiger partial charge in [-0.3, -0.25) is 14.0 Å². The van der Waals surface area contributed by atoms with Crippen molar-refractivity contribution in [3.63, 3.8) is 0 Å². The van der Waals surface area contributed by atoms with E-state index in [1.54, 1.807) is 15.5 Å². The van der Waals surface area contributed by atoms with Crippen LogP contribution in [-0.2, 0) is 33.1 Å². The molecular formula is C28H29N5O2. The molecule has 6 rings (SSSR count). The van der Waals surface area contributed by atoms with Crippen LogP contribution in [0.5, 0.6) is 0 Å². The Morgan fingerprint density at radius 3 is 2.49 bits per heavy atom. The topological polar surface area (TPSA) is 68.2 Å². The molecule has 1 aliphatic heterocycles. The summed E-state index contributed by atoms with van der Waals surface area (Å²) in [5, 5.41) is 11.0. The van der Waals surface area contributed by atoms with Crippen LogP contribution >= 0.6 is 0 Å². The third kappa shape index (κ3) is 4.07. The number of fused-ring (bicyclic) bond motifs is 3. The van der Waals surface area contributed by atoms with Gasteiger partial charge < -0.3 is 9.67 Å². The van der Waals surface area contributed by atoms with E-state index in [1.165, 1.54) is 11.1 Å². The van der Waals surface area contributed by atoms with Crippen molar-refractivity contribution in [2.75, 3.05) is 13.1 Å². The van der Waals surface area contributed by atoms with Gasteiger partial charge in [0.15, 0.2) is 0 Å². The fourth-order valence-electron chi connectivity index (χ4n) is 5.33. The van der Waals surface area contributed by atoms with Gasteiger partial charge in [-0.2, -0.15) is 0 Å². The lowest BCUT2D eigenvalue weighted by Crippen LogP contribution is -2.39. The van der Waals surface area contributed by atoms with Crippen molar-refractivity contribution in [2.24, 2.45) is 7.05 Å². The first-order chi connectivity index (χ1) is 17.1. The molecule has 7 heteroatoms. The zero-order valence-electron chi connectivity index (χ0n) is 19.8. The molecule has 3 aromatic carbocycles. The summed E-state index contributed by atoms with van der Waals surface area (Å²) >= 11 is 0. The molecular weight excluding hydrogens is 438 g/mol. The maximum Gasteiger partial charge on any atom is 0.329 e. The van der Waals surface area contributed by atoms with Crippen molar-refractivity contribution in [3.05, 3.63) is 100 Å². The molecule has 1 N–H and O–H groups in total. The largest absolute Gasteiger partial charge is 0.390 e. The predicted molar refractivity (Wildman–Crippen MR) is 137 cm³/mol. The Kier molecular flexibility index (Phi) is 5.51. The number of nitrogens with zero attached hydrogens (tertiary/aromatic N) is 5. The maximum absolute atomic E-state index is 13.5. The number of hydrogen-bond acceptors (Lipinski definition) is 4. The normalized spacial score (nSPS) is 15.0. The number of hydrogen-bond donors (Lipinski definition) is 1. The third-order valence-electron chi connectivity index (χ3n) is 7.13. The van der Waals surface area contributed by atoms with Gasteiger partial charge in [0.2, 0.25) is 0 Å². The highest BCUT2D eigenvalue weighted by Gasteiger charge is 2.21. The molecule has 35 heavy (non-hydrogen) atoms. The molecule has 7 nitrogen and oxygen atoms in total. The molecule has 3 heterocycles. The molecule has 0 radical (unpaired) electrons. The average Bonchev–Trinajstić information content (AvgIpc) is 3.37. The van der Waals surface area contributed by atoms with Gasteiger partial charge in [0.05, 0.1) is 47.6 Å². The Bertz CT molecular complexity index is 1580. The lowest BCUT2D eigenvalue weighted by Gasteiger charge is -2.30. The van der Waals surface area contributed by atoms with Crippen molar-refractivity contribution >= 4 is 22.1 Å². The van der Waals surface area contributed by atoms with Crippen LogP contribution in [0.15, 0.2) is 77.9 Å². The van der Waals surface area contributed by atoms with E-state index in [-0.39, 0.29) is 12.2 Å². The van der Waals surface area contributed by atoms with Crippen LogP contribution in [-0.4, -0.2) is 47.9 Å². The fourth-order valence-corrected chi connectivity index (χ4v) is 5.33. The molecule has 0 fully saturated rings. The number of benzene rings is 3. The first-order valence-corrected chi connectivity index (χ1v) is 12.1. The maximum atomic E-state index is 13.5. The first kappa shape index (κ1) is 21.8. The Labute approximate surface area is 203 Å². The number of aliphatic hydroxyl groups is 1. The van der Waals surface area contributed by atoms with Gasteiger partial charge in [-0.15, -0.1) is 0 Å². The molecule has 178 valence electrons. The van der Waals surface area contributed by atoms with Crippen molar-refractivity contribution < 1.29 is 5.11 Å². The number of aliphatic hydroxyl groups excluding tert-OH is 1. The van der Waals surface area contributed by atoms with Crippen LogP contribution in [0.25, 0.3) is 22.1 Å². The van der Waals surface area contributed by atoms with Crippen molar-refractivity contribution in [2.45, 2.75) is 32.2 Å². The van der Waals surface area contributed by atoms with Crippen molar-refractivity contribution in [1.29, 1.82) is 0 Å². The second-order valence-corrected chi connectivity index (χ2v) is 9.55. The van der Waals surface area contributed by atoms with Gasteiger partial charge in [0, 0.05) is 26.7 Å². The number of rotatable bonds is 6. The molecule has 5 aromatic rings. The van der Waals surface area contributed by atoms with Crippen molar-refractivity contribution in [1.82, 2.24) is 23.6 Å². The summed E-state index contributed by atoms with van der Waals surface area (Å²) in [6.07, 6.45) is 2.15. The van der Waals surface area contributed by atoms with Gasteiger partial charge >= 0.3 is 5.69 Å². The fraction of sp³-hybridized carbons (Fsp3) is 0.286. The summed E-state index contributed by atoms with van der Waals surface area (Å²) in [6, 6.07) is 22.4. The Morgan fingerprint density at radius 1 is 0.914 bits per heavy atom. The van der Waals surface area contributed by atoms with Crippen LogP contribution < -0.4 is 5.69 Å². The van der Waals surface area contributed by atoms with Gasteiger partial charge in [-0.25, -0.2) is 9.78 Å². The molecule has 0 bridgehead atoms. The third-order valence-corrected chi connectivity index (χ3v) is 7.13. The predicted octanol–water partition coefficient (Wildman–Crippen LogP) is 3.16. The second-order valence-electron chi connectivity index (χ2n) is 9.55. The summed E-state index contributed by atoms with van der Waals surface area (Å²) in [7, 11) is 1.97. The van der Waals surface area contributed by atoms with Crippen LogP contribution in [0, 0.1) is 0 Å². The summed E-state index contributed by atoms with van der Waals surface area (Å²) in [6.45, 7) is 3.02. The average molecular weight is 468 g/mol. The summed E-state index contributed by atoms with van der Waals surface area (Å²) < 4.78 is 5.51. The highest BCUT2D eigenvalue weighted by atomic mass is 16.3. The van der Waals surface area contributed by atoms with E-state index in [0.717, 1.165) is 47.1 Å². The van der Waals surface area contributed by atoms with Gasteiger partial charge in [0.1, 0.15) is 0 Å². The Morgan fingerprint density at radius 2 is 1.66 bits per heavy atom. The van der Waals surface area contributed by atoms with Gasteiger partial charge in [-0.1, -0.05) is 42.5 Å². The molecule has 1 aliphatic rings. The molecule has 0 aliphatic carbocycles.